The number of imide groups is 1. The lowest BCUT2D eigenvalue weighted by molar-refractivity contribution is -0.144. The fourth-order valence-corrected chi connectivity index (χ4v) is 2.82. The van der Waals surface area contributed by atoms with E-state index in [1.54, 1.807) is 0 Å². The average molecular weight is 314 g/mol. The summed E-state index contributed by atoms with van der Waals surface area (Å²) >= 11 is 4.75. The molecule has 0 aromatic heterocycles. The Balaban J connectivity index is 2.23. The number of thioether (sulfide) groups is 1. The second kappa shape index (κ2) is 5.23. The zero-order valence-electron chi connectivity index (χ0n) is 9.35. The van der Waals surface area contributed by atoms with Gasteiger partial charge in [-0.15, -0.1) is 11.8 Å². The van der Waals surface area contributed by atoms with Crippen LogP contribution >= 0.6 is 27.7 Å². The Bertz CT molecular complexity index is 430. The van der Waals surface area contributed by atoms with Crippen molar-refractivity contribution in [2.45, 2.75) is 13.0 Å². The quantitative estimate of drug-likeness (QED) is 0.788. The van der Waals surface area contributed by atoms with E-state index in [1.165, 1.54) is 16.7 Å². The fourth-order valence-electron chi connectivity index (χ4n) is 1.83. The van der Waals surface area contributed by atoms with Crippen LogP contribution in [0.2, 0.25) is 0 Å². The van der Waals surface area contributed by atoms with E-state index in [4.69, 9.17) is 0 Å². The summed E-state index contributed by atoms with van der Waals surface area (Å²) in [6, 6.07) is 7.50. The molecule has 0 radical (unpaired) electrons. The molecule has 1 heterocycles. The number of benzene rings is 1. The minimum atomic E-state index is -0.191. The van der Waals surface area contributed by atoms with Crippen molar-refractivity contribution in [1.82, 2.24) is 4.90 Å². The Hall–Kier alpha value is -0.810. The van der Waals surface area contributed by atoms with Gasteiger partial charge in [0.15, 0.2) is 0 Å². The molecular weight excluding hydrogens is 302 g/mol. The Morgan fingerprint density at radius 1 is 1.18 bits per heavy atom. The van der Waals surface area contributed by atoms with Gasteiger partial charge in [-0.25, -0.2) is 0 Å². The number of rotatable bonds is 2. The van der Waals surface area contributed by atoms with E-state index in [2.05, 4.69) is 15.9 Å². The SMILES string of the molecule is CC(c1ccc(Br)cc1)N1C(=O)CSCC1=O. The van der Waals surface area contributed by atoms with Gasteiger partial charge in [0.1, 0.15) is 0 Å². The molecule has 1 unspecified atom stereocenters. The summed E-state index contributed by atoms with van der Waals surface area (Å²) in [6.07, 6.45) is 0. The minimum absolute atomic E-state index is 0.0957. The molecule has 1 saturated heterocycles. The Labute approximate surface area is 113 Å². The number of hydrogen-bond acceptors (Lipinski definition) is 3. The van der Waals surface area contributed by atoms with Gasteiger partial charge in [-0.3, -0.25) is 14.5 Å². The van der Waals surface area contributed by atoms with Crippen molar-refractivity contribution in [3.05, 3.63) is 34.3 Å². The summed E-state index contributed by atoms with van der Waals surface area (Å²) in [5.41, 5.74) is 0.974. The molecule has 2 rings (SSSR count). The van der Waals surface area contributed by atoms with Crippen LogP contribution < -0.4 is 0 Å². The van der Waals surface area contributed by atoms with Gasteiger partial charge in [-0.1, -0.05) is 28.1 Å². The summed E-state index contributed by atoms with van der Waals surface area (Å²) in [5, 5.41) is 0. The van der Waals surface area contributed by atoms with Crippen LogP contribution in [0.1, 0.15) is 18.5 Å². The lowest BCUT2D eigenvalue weighted by Crippen LogP contribution is -2.44. The highest BCUT2D eigenvalue weighted by atomic mass is 79.9. The predicted molar refractivity (Wildman–Crippen MR) is 71.7 cm³/mol. The maximum absolute atomic E-state index is 11.8. The Kier molecular flexibility index (Phi) is 3.89. The lowest BCUT2D eigenvalue weighted by atomic mass is 10.1. The third kappa shape index (κ3) is 2.72. The minimum Gasteiger partial charge on any atom is -0.274 e. The fraction of sp³-hybridized carbons (Fsp3) is 0.333. The van der Waals surface area contributed by atoms with E-state index in [-0.39, 0.29) is 17.9 Å². The highest BCUT2D eigenvalue weighted by Gasteiger charge is 2.31. The highest BCUT2D eigenvalue weighted by molar-refractivity contribution is 9.10. The molecule has 1 atom stereocenters. The van der Waals surface area contributed by atoms with Crippen LogP contribution in [-0.2, 0) is 9.59 Å². The number of amides is 2. The normalized spacial score (nSPS) is 18.4. The van der Waals surface area contributed by atoms with Gasteiger partial charge in [-0.2, -0.15) is 0 Å². The van der Waals surface area contributed by atoms with Crippen molar-refractivity contribution >= 4 is 39.5 Å². The van der Waals surface area contributed by atoms with Gasteiger partial charge in [0.2, 0.25) is 11.8 Å². The van der Waals surface area contributed by atoms with Gasteiger partial charge in [-0.05, 0) is 24.6 Å². The first-order chi connectivity index (χ1) is 8.09. The molecule has 90 valence electrons. The van der Waals surface area contributed by atoms with Crippen LogP contribution in [0.3, 0.4) is 0 Å². The van der Waals surface area contributed by atoms with Crippen molar-refractivity contribution < 1.29 is 9.59 Å². The third-order valence-electron chi connectivity index (χ3n) is 2.73. The molecule has 1 aliphatic rings. The van der Waals surface area contributed by atoms with Crippen molar-refractivity contribution in [1.29, 1.82) is 0 Å². The smallest absolute Gasteiger partial charge is 0.239 e. The maximum atomic E-state index is 11.8. The van der Waals surface area contributed by atoms with E-state index >= 15 is 0 Å². The van der Waals surface area contributed by atoms with Crippen molar-refractivity contribution in [2.75, 3.05) is 11.5 Å². The van der Waals surface area contributed by atoms with Gasteiger partial charge < -0.3 is 0 Å². The number of carbonyl (C=O) groups excluding carboxylic acids is 2. The average Bonchev–Trinajstić information content (AvgIpc) is 2.29. The molecule has 1 aromatic rings. The first-order valence-corrected chi connectivity index (χ1v) is 7.22. The van der Waals surface area contributed by atoms with Crippen LogP contribution in [0.4, 0.5) is 0 Å². The summed E-state index contributed by atoms with van der Waals surface area (Å²) in [5.74, 6) is 0.600. The molecule has 0 bridgehead atoms. The van der Waals surface area contributed by atoms with Crippen molar-refractivity contribution in [2.24, 2.45) is 0 Å². The molecule has 1 aliphatic heterocycles. The van der Waals surface area contributed by atoms with E-state index in [1.807, 2.05) is 31.2 Å². The zero-order chi connectivity index (χ0) is 12.4. The molecule has 17 heavy (non-hydrogen) atoms. The van der Waals surface area contributed by atoms with Gasteiger partial charge >= 0.3 is 0 Å². The summed E-state index contributed by atoms with van der Waals surface area (Å²) in [6.45, 7) is 1.88. The molecular formula is C12H12BrNO2S. The van der Waals surface area contributed by atoms with Crippen LogP contribution in [0.15, 0.2) is 28.7 Å². The molecule has 0 saturated carbocycles. The van der Waals surface area contributed by atoms with Crippen LogP contribution in [0.25, 0.3) is 0 Å². The lowest BCUT2D eigenvalue weighted by Gasteiger charge is -2.30. The van der Waals surface area contributed by atoms with Crippen LogP contribution in [-0.4, -0.2) is 28.2 Å². The maximum Gasteiger partial charge on any atom is 0.239 e. The molecule has 2 amide bonds. The number of hydrogen-bond donors (Lipinski definition) is 0. The molecule has 0 spiro atoms. The first kappa shape index (κ1) is 12.6. The number of carbonyl (C=O) groups is 2. The summed E-state index contributed by atoms with van der Waals surface area (Å²) < 4.78 is 0.986. The monoisotopic (exact) mass is 313 g/mol. The molecule has 1 aromatic carbocycles. The van der Waals surface area contributed by atoms with E-state index in [0.717, 1.165) is 10.0 Å². The molecule has 0 N–H and O–H groups in total. The van der Waals surface area contributed by atoms with Gasteiger partial charge in [0.05, 0.1) is 17.5 Å². The molecule has 0 aliphatic carbocycles. The molecule has 5 heteroatoms. The molecule has 1 fully saturated rings. The van der Waals surface area contributed by atoms with Crippen LogP contribution in [0, 0.1) is 0 Å². The van der Waals surface area contributed by atoms with Crippen molar-refractivity contribution in [3.63, 3.8) is 0 Å². The second-order valence-electron chi connectivity index (χ2n) is 3.88. The van der Waals surface area contributed by atoms with Crippen LogP contribution in [0.5, 0.6) is 0 Å². The van der Waals surface area contributed by atoms with E-state index in [9.17, 15) is 9.59 Å². The largest absolute Gasteiger partial charge is 0.274 e. The molecule has 3 nitrogen and oxygen atoms in total. The van der Waals surface area contributed by atoms with Gasteiger partial charge in [0.25, 0.3) is 0 Å². The second-order valence-corrected chi connectivity index (χ2v) is 5.78. The topological polar surface area (TPSA) is 37.4 Å². The summed E-state index contributed by atoms with van der Waals surface area (Å²) in [4.78, 5) is 24.9. The zero-order valence-corrected chi connectivity index (χ0v) is 11.8. The Morgan fingerprint density at radius 2 is 1.71 bits per heavy atom. The summed E-state index contributed by atoms with van der Waals surface area (Å²) in [7, 11) is 0. The van der Waals surface area contributed by atoms with E-state index in [0.29, 0.717) is 11.5 Å². The highest BCUT2D eigenvalue weighted by Crippen LogP contribution is 2.26. The van der Waals surface area contributed by atoms with Gasteiger partial charge in [0, 0.05) is 4.47 Å². The first-order valence-electron chi connectivity index (χ1n) is 5.27. The standard InChI is InChI=1S/C12H12BrNO2S/c1-8(9-2-4-10(13)5-3-9)14-11(15)6-17-7-12(14)16/h2-5,8H,6-7H2,1H3. The predicted octanol–water partition coefficient (Wildman–Crippen LogP) is 2.61. The number of nitrogens with zero attached hydrogens (tertiary/aromatic N) is 1. The Morgan fingerprint density at radius 3 is 2.24 bits per heavy atom. The number of halogens is 1. The van der Waals surface area contributed by atoms with E-state index < -0.39 is 0 Å². The third-order valence-corrected chi connectivity index (χ3v) is 4.16. The van der Waals surface area contributed by atoms with Crippen molar-refractivity contribution in [3.8, 4) is 0 Å².